The highest BCUT2D eigenvalue weighted by molar-refractivity contribution is 5.25. The van der Waals surface area contributed by atoms with E-state index in [-0.39, 0.29) is 12.0 Å². The van der Waals surface area contributed by atoms with Crippen LogP contribution in [0.5, 0.6) is 0 Å². The van der Waals surface area contributed by atoms with Crippen LogP contribution in [0.3, 0.4) is 0 Å². The van der Waals surface area contributed by atoms with Crippen LogP contribution in [0.25, 0.3) is 0 Å². The number of hydrogen-bond acceptors (Lipinski definition) is 0. The molecule has 1 aromatic rings. The summed E-state index contributed by atoms with van der Waals surface area (Å²) >= 11 is 0. The van der Waals surface area contributed by atoms with Gasteiger partial charge in [-0.25, -0.2) is 8.78 Å². The van der Waals surface area contributed by atoms with Crippen LogP contribution in [0.2, 0.25) is 0 Å². The molecule has 0 saturated carbocycles. The van der Waals surface area contributed by atoms with Crippen molar-refractivity contribution < 1.29 is 8.78 Å². The van der Waals surface area contributed by atoms with Gasteiger partial charge in [0.2, 0.25) is 0 Å². The van der Waals surface area contributed by atoms with Crippen LogP contribution in [0.15, 0.2) is 24.3 Å². The van der Waals surface area contributed by atoms with E-state index >= 15 is 0 Å². The first-order valence-electron chi connectivity index (χ1n) is 4.57. The second kappa shape index (κ2) is 3.86. The summed E-state index contributed by atoms with van der Waals surface area (Å²) in [4.78, 5) is 0. The number of aryl methyl sites for hydroxylation is 1. The van der Waals surface area contributed by atoms with E-state index in [0.717, 1.165) is 12.0 Å². The molecule has 0 atom stereocenters. The van der Waals surface area contributed by atoms with Crippen LogP contribution in [0.1, 0.15) is 31.4 Å². The Balaban J connectivity index is 2.92. The predicted octanol–water partition coefficient (Wildman–Crippen LogP) is 3.75. The van der Waals surface area contributed by atoms with Crippen molar-refractivity contribution in [2.24, 2.45) is 0 Å². The third kappa shape index (κ3) is 2.27. The molecule has 0 fully saturated rings. The van der Waals surface area contributed by atoms with E-state index in [4.69, 9.17) is 0 Å². The van der Waals surface area contributed by atoms with Crippen LogP contribution >= 0.6 is 0 Å². The van der Waals surface area contributed by atoms with Gasteiger partial charge in [0.1, 0.15) is 0 Å². The molecule has 1 aromatic carbocycles. The van der Waals surface area contributed by atoms with Crippen LogP contribution in [-0.2, 0) is 12.3 Å². The SMILES string of the molecule is CCc1ccc(C(F)(F)CC)cc1. The van der Waals surface area contributed by atoms with Gasteiger partial charge >= 0.3 is 0 Å². The molecule has 0 aliphatic heterocycles. The van der Waals surface area contributed by atoms with Gasteiger partial charge in [0.05, 0.1) is 0 Å². The van der Waals surface area contributed by atoms with E-state index < -0.39 is 5.92 Å². The fraction of sp³-hybridized carbons (Fsp3) is 0.455. The molecule has 72 valence electrons. The van der Waals surface area contributed by atoms with Crippen molar-refractivity contribution in [1.82, 2.24) is 0 Å². The molecule has 0 unspecified atom stereocenters. The molecule has 13 heavy (non-hydrogen) atoms. The standard InChI is InChI=1S/C11H14F2/c1-3-9-5-7-10(8-6-9)11(12,13)4-2/h5-8H,3-4H2,1-2H3. The maximum absolute atomic E-state index is 13.1. The second-order valence-electron chi connectivity index (χ2n) is 3.11. The van der Waals surface area contributed by atoms with Gasteiger partial charge in [-0.1, -0.05) is 38.1 Å². The molecule has 0 aromatic heterocycles. The van der Waals surface area contributed by atoms with Crippen LogP contribution in [0.4, 0.5) is 8.78 Å². The van der Waals surface area contributed by atoms with Crippen molar-refractivity contribution in [3.8, 4) is 0 Å². The van der Waals surface area contributed by atoms with Crippen molar-refractivity contribution >= 4 is 0 Å². The van der Waals surface area contributed by atoms with Gasteiger partial charge in [-0.05, 0) is 12.0 Å². The Morgan fingerprint density at radius 1 is 1.08 bits per heavy atom. The molecule has 0 amide bonds. The average molecular weight is 184 g/mol. The molecule has 0 heterocycles. The summed E-state index contributed by atoms with van der Waals surface area (Å²) < 4.78 is 26.2. The van der Waals surface area contributed by atoms with Gasteiger partial charge in [0.25, 0.3) is 5.92 Å². The van der Waals surface area contributed by atoms with Crippen LogP contribution in [0, 0.1) is 0 Å². The van der Waals surface area contributed by atoms with Gasteiger partial charge in [-0.3, -0.25) is 0 Å². The van der Waals surface area contributed by atoms with Crippen LogP contribution < -0.4 is 0 Å². The van der Waals surface area contributed by atoms with Gasteiger partial charge in [-0.15, -0.1) is 0 Å². The highest BCUT2D eigenvalue weighted by Crippen LogP contribution is 2.31. The van der Waals surface area contributed by atoms with E-state index in [1.807, 2.05) is 6.92 Å². The predicted molar refractivity (Wildman–Crippen MR) is 50.0 cm³/mol. The van der Waals surface area contributed by atoms with Crippen molar-refractivity contribution in [3.05, 3.63) is 35.4 Å². The second-order valence-corrected chi connectivity index (χ2v) is 3.11. The third-order valence-electron chi connectivity index (χ3n) is 2.23. The van der Waals surface area contributed by atoms with Gasteiger partial charge in [-0.2, -0.15) is 0 Å². The zero-order chi connectivity index (χ0) is 9.90. The minimum Gasteiger partial charge on any atom is -0.201 e. The maximum atomic E-state index is 13.1. The summed E-state index contributed by atoms with van der Waals surface area (Å²) in [6.45, 7) is 3.50. The number of rotatable bonds is 3. The van der Waals surface area contributed by atoms with E-state index in [9.17, 15) is 8.78 Å². The fourth-order valence-corrected chi connectivity index (χ4v) is 1.19. The summed E-state index contributed by atoms with van der Waals surface area (Å²) in [7, 11) is 0. The molecule has 2 heteroatoms. The number of hydrogen-bond donors (Lipinski definition) is 0. The lowest BCUT2D eigenvalue weighted by molar-refractivity contribution is -0.00829. The Bertz CT molecular complexity index is 262. The number of benzene rings is 1. The third-order valence-corrected chi connectivity index (χ3v) is 2.23. The average Bonchev–Trinajstić information content (AvgIpc) is 2.18. The monoisotopic (exact) mass is 184 g/mol. The highest BCUT2D eigenvalue weighted by atomic mass is 19.3. The lowest BCUT2D eigenvalue weighted by Crippen LogP contribution is -2.11. The molecule has 0 radical (unpaired) electrons. The molecule has 0 aliphatic carbocycles. The minimum absolute atomic E-state index is 0.118. The first-order valence-corrected chi connectivity index (χ1v) is 4.57. The minimum atomic E-state index is -2.67. The molecular formula is C11H14F2. The number of alkyl halides is 2. The lowest BCUT2D eigenvalue weighted by Gasteiger charge is -2.14. The molecule has 0 bridgehead atoms. The Morgan fingerprint density at radius 3 is 2.00 bits per heavy atom. The van der Waals surface area contributed by atoms with Gasteiger partial charge < -0.3 is 0 Å². The molecule has 0 spiro atoms. The Hall–Kier alpha value is -0.920. The molecule has 0 aliphatic rings. The molecule has 1 rings (SSSR count). The molecule has 0 N–H and O–H groups in total. The molecule has 0 saturated heterocycles. The summed E-state index contributed by atoms with van der Waals surface area (Å²) in [5, 5.41) is 0. The molecule has 0 nitrogen and oxygen atoms in total. The lowest BCUT2D eigenvalue weighted by atomic mass is 10.0. The van der Waals surface area contributed by atoms with Crippen molar-refractivity contribution in [2.75, 3.05) is 0 Å². The zero-order valence-corrected chi connectivity index (χ0v) is 7.98. The normalized spacial score (nSPS) is 11.7. The van der Waals surface area contributed by atoms with Gasteiger partial charge in [0.15, 0.2) is 0 Å². The quantitative estimate of drug-likeness (QED) is 0.671. The smallest absolute Gasteiger partial charge is 0.201 e. The van der Waals surface area contributed by atoms with E-state index in [0.29, 0.717) is 0 Å². The van der Waals surface area contributed by atoms with E-state index in [1.54, 1.807) is 12.1 Å². The summed E-state index contributed by atoms with van der Waals surface area (Å²) in [5.74, 6) is -2.67. The van der Waals surface area contributed by atoms with Crippen LogP contribution in [-0.4, -0.2) is 0 Å². The zero-order valence-electron chi connectivity index (χ0n) is 7.98. The largest absolute Gasteiger partial charge is 0.273 e. The van der Waals surface area contributed by atoms with E-state index in [2.05, 4.69) is 0 Å². The van der Waals surface area contributed by atoms with Crippen molar-refractivity contribution in [2.45, 2.75) is 32.6 Å². The van der Waals surface area contributed by atoms with E-state index in [1.165, 1.54) is 19.1 Å². The summed E-state index contributed by atoms with van der Waals surface area (Å²) in [5.41, 5.74) is 1.21. The Labute approximate surface area is 77.6 Å². The summed E-state index contributed by atoms with van der Waals surface area (Å²) in [6, 6.07) is 6.56. The van der Waals surface area contributed by atoms with Crippen molar-refractivity contribution in [3.63, 3.8) is 0 Å². The van der Waals surface area contributed by atoms with Crippen molar-refractivity contribution in [1.29, 1.82) is 0 Å². The topological polar surface area (TPSA) is 0 Å². The maximum Gasteiger partial charge on any atom is 0.273 e. The van der Waals surface area contributed by atoms with Gasteiger partial charge in [0, 0.05) is 12.0 Å². The highest BCUT2D eigenvalue weighted by Gasteiger charge is 2.28. The Kier molecular flexibility index (Phi) is 3.02. The first kappa shape index (κ1) is 10.2. The number of halogens is 2. The fourth-order valence-electron chi connectivity index (χ4n) is 1.19. The summed E-state index contributed by atoms with van der Waals surface area (Å²) in [6.07, 6.45) is 0.746. The first-order chi connectivity index (χ1) is 6.10. The molecular weight excluding hydrogens is 170 g/mol. The Morgan fingerprint density at radius 2 is 1.62 bits per heavy atom.